The van der Waals surface area contributed by atoms with Crippen molar-refractivity contribution < 1.29 is 9.59 Å². The Morgan fingerprint density at radius 3 is 2.15 bits per heavy atom. The van der Waals surface area contributed by atoms with Crippen molar-refractivity contribution in [3.63, 3.8) is 0 Å². The van der Waals surface area contributed by atoms with Gasteiger partial charge in [0.1, 0.15) is 6.04 Å². The molecule has 2 amide bonds. The molecule has 0 aromatic heterocycles. The molecule has 1 N–H and O–H groups in total. The Kier molecular flexibility index (Phi) is 10.3. The minimum absolute atomic E-state index is 0.143. The minimum atomic E-state index is -0.704. The van der Waals surface area contributed by atoms with E-state index in [1.54, 1.807) is 23.1 Å². The Hall–Kier alpha value is -2.47. The molecule has 0 saturated carbocycles. The van der Waals surface area contributed by atoms with E-state index in [9.17, 15) is 9.59 Å². The zero-order valence-corrected chi connectivity index (χ0v) is 21.4. The maximum atomic E-state index is 13.6. The molecule has 0 saturated heterocycles. The lowest BCUT2D eigenvalue weighted by Gasteiger charge is -2.32. The molecule has 3 aromatic carbocycles. The number of carbonyl (C=O) groups excluding carboxylic acids is 2. The molecule has 0 aliphatic rings. The molecule has 178 valence electrons. The summed E-state index contributed by atoms with van der Waals surface area (Å²) < 4.78 is 0. The summed E-state index contributed by atoms with van der Waals surface area (Å²) in [5.74, 6) is -0.150. The van der Waals surface area contributed by atoms with Gasteiger partial charge in [0.15, 0.2) is 0 Å². The Bertz CT molecular complexity index is 1060. The van der Waals surface area contributed by atoms with Gasteiger partial charge in [-0.15, -0.1) is 11.8 Å². The summed E-state index contributed by atoms with van der Waals surface area (Å²) in [4.78, 5) is 29.5. The quantitative estimate of drug-likeness (QED) is 0.307. The molecule has 0 fully saturated rings. The number of nitrogens with one attached hydrogen (secondary N) is 1. The fourth-order valence-electron chi connectivity index (χ4n) is 3.52. The van der Waals surface area contributed by atoms with Crippen molar-refractivity contribution >= 4 is 46.8 Å². The highest BCUT2D eigenvalue weighted by Crippen LogP contribution is 2.28. The molecular formula is C27H28Cl2N2O2S. The van der Waals surface area contributed by atoms with Gasteiger partial charge in [0.2, 0.25) is 11.8 Å². The van der Waals surface area contributed by atoms with E-state index < -0.39 is 6.04 Å². The zero-order chi connectivity index (χ0) is 24.3. The van der Waals surface area contributed by atoms with Crippen molar-refractivity contribution in [1.82, 2.24) is 10.2 Å². The van der Waals surface area contributed by atoms with Gasteiger partial charge in [-0.1, -0.05) is 84.7 Å². The molecule has 0 unspecified atom stereocenters. The first-order valence-electron chi connectivity index (χ1n) is 11.2. The molecular weight excluding hydrogens is 487 g/mol. The highest BCUT2D eigenvalue weighted by molar-refractivity contribution is 8.00. The summed E-state index contributed by atoms with van der Waals surface area (Å²) in [6.07, 6.45) is 1.19. The maximum Gasteiger partial charge on any atom is 0.243 e. The van der Waals surface area contributed by atoms with Gasteiger partial charge in [-0.25, -0.2) is 0 Å². The van der Waals surface area contributed by atoms with Gasteiger partial charge in [-0.2, -0.15) is 0 Å². The first-order valence-corrected chi connectivity index (χ1v) is 13.0. The second kappa shape index (κ2) is 13.4. The number of hydrogen-bond donors (Lipinski definition) is 1. The van der Waals surface area contributed by atoms with Crippen LogP contribution in [0.15, 0.2) is 83.8 Å². The molecule has 4 nitrogen and oxygen atoms in total. The predicted molar refractivity (Wildman–Crippen MR) is 141 cm³/mol. The largest absolute Gasteiger partial charge is 0.354 e. The average molecular weight is 516 g/mol. The van der Waals surface area contributed by atoms with Crippen LogP contribution in [0.3, 0.4) is 0 Å². The summed E-state index contributed by atoms with van der Waals surface area (Å²) in [6.45, 7) is 2.68. The third-order valence-electron chi connectivity index (χ3n) is 5.32. The van der Waals surface area contributed by atoms with Crippen LogP contribution in [0.5, 0.6) is 0 Å². The number of thioether (sulfide) groups is 1. The topological polar surface area (TPSA) is 49.4 Å². The molecule has 1 atom stereocenters. The van der Waals surface area contributed by atoms with Gasteiger partial charge in [0, 0.05) is 40.0 Å². The number of halogens is 2. The molecule has 0 radical (unpaired) electrons. The fraction of sp³-hybridized carbons (Fsp3) is 0.259. The van der Waals surface area contributed by atoms with Crippen LogP contribution in [0.2, 0.25) is 10.0 Å². The van der Waals surface area contributed by atoms with Crippen molar-refractivity contribution in [2.24, 2.45) is 0 Å². The number of rotatable bonds is 11. The van der Waals surface area contributed by atoms with Gasteiger partial charge < -0.3 is 10.2 Å². The van der Waals surface area contributed by atoms with Crippen LogP contribution in [-0.2, 0) is 22.6 Å². The fourth-order valence-corrected chi connectivity index (χ4v) is 4.84. The molecule has 0 spiro atoms. The monoisotopic (exact) mass is 514 g/mol. The summed E-state index contributed by atoms with van der Waals surface area (Å²) in [5, 5.41) is 3.90. The molecule has 7 heteroatoms. The van der Waals surface area contributed by atoms with Crippen LogP contribution in [0, 0.1) is 0 Å². The van der Waals surface area contributed by atoms with Crippen LogP contribution < -0.4 is 5.32 Å². The third-order valence-corrected chi connectivity index (χ3v) is 7.02. The van der Waals surface area contributed by atoms with Gasteiger partial charge in [-0.05, 0) is 36.2 Å². The molecule has 0 aliphatic carbocycles. The van der Waals surface area contributed by atoms with E-state index >= 15 is 0 Å². The molecule has 3 aromatic rings. The third kappa shape index (κ3) is 7.52. The molecule has 34 heavy (non-hydrogen) atoms. The van der Waals surface area contributed by atoms with Gasteiger partial charge in [0.25, 0.3) is 0 Å². The van der Waals surface area contributed by atoms with Crippen molar-refractivity contribution in [2.45, 2.75) is 37.2 Å². The minimum Gasteiger partial charge on any atom is -0.354 e. The number of carbonyl (C=O) groups is 2. The Labute approximate surface area is 215 Å². The first-order chi connectivity index (χ1) is 16.5. The Morgan fingerprint density at radius 1 is 0.912 bits per heavy atom. The zero-order valence-electron chi connectivity index (χ0n) is 19.0. The summed E-state index contributed by atoms with van der Waals surface area (Å²) in [7, 11) is 0. The Balaban J connectivity index is 1.93. The van der Waals surface area contributed by atoms with Gasteiger partial charge in [-0.3, -0.25) is 9.59 Å². The number of nitrogens with zero attached hydrogens (tertiary/aromatic N) is 1. The number of amides is 2. The standard InChI is InChI=1S/C27H28Cl2N2O2S/c1-2-16-30-27(33)25(17-20-10-5-3-6-11-20)31(18-22-23(28)14-9-15-24(22)29)26(32)19-34-21-12-7-4-8-13-21/h3-15,25H,2,16-19H2,1H3,(H,30,33)/t25-/m0/s1. The lowest BCUT2D eigenvalue weighted by atomic mass is 10.0. The van der Waals surface area contributed by atoms with Crippen molar-refractivity contribution in [3.8, 4) is 0 Å². The van der Waals surface area contributed by atoms with Crippen LogP contribution in [0.1, 0.15) is 24.5 Å². The summed E-state index contributed by atoms with van der Waals surface area (Å²) >= 11 is 14.3. The van der Waals surface area contributed by atoms with E-state index in [4.69, 9.17) is 23.2 Å². The van der Waals surface area contributed by atoms with Crippen molar-refractivity contribution in [2.75, 3.05) is 12.3 Å². The van der Waals surface area contributed by atoms with Gasteiger partial charge >= 0.3 is 0 Å². The predicted octanol–water partition coefficient (Wildman–Crippen LogP) is 6.25. The second-order valence-electron chi connectivity index (χ2n) is 7.82. The molecule has 3 rings (SSSR count). The lowest BCUT2D eigenvalue weighted by Crippen LogP contribution is -2.51. The highest BCUT2D eigenvalue weighted by atomic mass is 35.5. The van der Waals surface area contributed by atoms with E-state index in [1.807, 2.05) is 67.6 Å². The number of hydrogen-bond acceptors (Lipinski definition) is 3. The van der Waals surface area contributed by atoms with Crippen molar-refractivity contribution in [3.05, 3.63) is 100 Å². The number of benzene rings is 3. The highest BCUT2D eigenvalue weighted by Gasteiger charge is 2.31. The van der Waals surface area contributed by atoms with Crippen LogP contribution in [0.4, 0.5) is 0 Å². The van der Waals surface area contributed by atoms with Crippen LogP contribution in [0.25, 0.3) is 0 Å². The van der Waals surface area contributed by atoms with E-state index in [2.05, 4.69) is 5.32 Å². The Morgan fingerprint density at radius 2 is 1.53 bits per heavy atom. The maximum absolute atomic E-state index is 13.6. The molecule has 0 aliphatic heterocycles. The normalized spacial score (nSPS) is 11.6. The van der Waals surface area contributed by atoms with E-state index in [0.29, 0.717) is 28.6 Å². The van der Waals surface area contributed by atoms with Crippen LogP contribution in [-0.4, -0.2) is 35.1 Å². The molecule has 0 bridgehead atoms. The van der Waals surface area contributed by atoms with E-state index in [1.165, 1.54) is 11.8 Å². The van der Waals surface area contributed by atoms with Crippen LogP contribution >= 0.6 is 35.0 Å². The van der Waals surface area contributed by atoms with E-state index in [0.717, 1.165) is 16.9 Å². The lowest BCUT2D eigenvalue weighted by molar-refractivity contribution is -0.139. The van der Waals surface area contributed by atoms with E-state index in [-0.39, 0.29) is 24.1 Å². The second-order valence-corrected chi connectivity index (χ2v) is 9.68. The average Bonchev–Trinajstić information content (AvgIpc) is 2.86. The smallest absolute Gasteiger partial charge is 0.243 e. The molecule has 0 heterocycles. The van der Waals surface area contributed by atoms with Crippen molar-refractivity contribution in [1.29, 1.82) is 0 Å². The first kappa shape index (κ1) is 26.1. The van der Waals surface area contributed by atoms with Gasteiger partial charge in [0.05, 0.1) is 5.75 Å². The summed E-state index contributed by atoms with van der Waals surface area (Å²) in [6, 6.07) is 24.0. The summed E-state index contributed by atoms with van der Waals surface area (Å²) in [5.41, 5.74) is 1.60. The SMILES string of the molecule is CCCNC(=O)[C@H](Cc1ccccc1)N(Cc1c(Cl)cccc1Cl)C(=O)CSc1ccccc1.